The van der Waals surface area contributed by atoms with Crippen LogP contribution in [0.25, 0.3) is 0 Å². The summed E-state index contributed by atoms with van der Waals surface area (Å²) in [7, 11) is -3.86. The molecule has 0 aliphatic heterocycles. The Morgan fingerprint density at radius 2 is 2.20 bits per heavy atom. The molecule has 0 radical (unpaired) electrons. The number of furan rings is 1. The van der Waals surface area contributed by atoms with Crippen LogP contribution in [0.3, 0.4) is 0 Å². The van der Waals surface area contributed by atoms with Crippen LogP contribution in [-0.4, -0.2) is 13.3 Å². The fourth-order valence-electron chi connectivity index (χ4n) is 1.47. The van der Waals surface area contributed by atoms with Crippen LogP contribution in [0, 0.1) is 17.0 Å². The van der Waals surface area contributed by atoms with Gasteiger partial charge in [0.05, 0.1) is 11.5 Å². The van der Waals surface area contributed by atoms with Crippen molar-refractivity contribution in [2.24, 2.45) is 0 Å². The van der Waals surface area contributed by atoms with Crippen LogP contribution in [0.15, 0.2) is 26.8 Å². The highest BCUT2D eigenvalue weighted by Crippen LogP contribution is 2.34. The number of aryl methyl sites for hydroxylation is 1. The molecule has 0 saturated heterocycles. The van der Waals surface area contributed by atoms with Gasteiger partial charge in [-0.3, -0.25) is 10.1 Å². The summed E-state index contributed by atoms with van der Waals surface area (Å²) in [6, 6.07) is 4.29. The molecule has 0 aliphatic rings. The van der Waals surface area contributed by atoms with Gasteiger partial charge in [-0.05, 0) is 19.1 Å². The van der Waals surface area contributed by atoms with E-state index in [1.54, 1.807) is 19.1 Å². The van der Waals surface area contributed by atoms with Crippen molar-refractivity contribution in [1.29, 1.82) is 0 Å². The van der Waals surface area contributed by atoms with Crippen molar-refractivity contribution in [3.8, 4) is 0 Å². The first-order valence-electron chi connectivity index (χ1n) is 5.38. The Hall–Kier alpha value is -1.91. The number of sulfonamides is 1. The maximum atomic E-state index is 12.0. The molecule has 2 heterocycles. The van der Waals surface area contributed by atoms with E-state index in [-0.39, 0.29) is 15.8 Å². The topological polar surface area (TPSA) is 128 Å². The van der Waals surface area contributed by atoms with E-state index in [4.69, 9.17) is 10.2 Å². The van der Waals surface area contributed by atoms with E-state index < -0.39 is 20.6 Å². The zero-order valence-corrected chi connectivity index (χ0v) is 12.0. The lowest BCUT2D eigenvalue weighted by Crippen LogP contribution is -2.22. The minimum absolute atomic E-state index is 0.0399. The molecular weight excluding hydrogens is 306 g/mol. The maximum Gasteiger partial charge on any atom is 0.304 e. The highest BCUT2D eigenvalue weighted by molar-refractivity contribution is 7.91. The number of nitrogen functional groups attached to an aromatic ring is 1. The van der Waals surface area contributed by atoms with Crippen molar-refractivity contribution in [1.82, 2.24) is 4.72 Å². The number of nitrogens with two attached hydrogens (primary N) is 1. The summed E-state index contributed by atoms with van der Waals surface area (Å²) in [6.07, 6.45) is 0. The van der Waals surface area contributed by atoms with Crippen LogP contribution >= 0.6 is 11.3 Å². The first-order chi connectivity index (χ1) is 9.29. The molecule has 0 fully saturated rings. The number of hydrogen-bond donors (Lipinski definition) is 2. The van der Waals surface area contributed by atoms with Gasteiger partial charge >= 0.3 is 5.69 Å². The third kappa shape index (κ3) is 2.98. The number of thiophene rings is 1. The molecule has 0 spiro atoms. The molecule has 0 aliphatic carbocycles. The van der Waals surface area contributed by atoms with Crippen molar-refractivity contribution in [2.45, 2.75) is 17.7 Å². The summed E-state index contributed by atoms with van der Waals surface area (Å²) in [6.45, 7) is 1.70. The summed E-state index contributed by atoms with van der Waals surface area (Å²) in [5.41, 5.74) is 5.00. The summed E-state index contributed by atoms with van der Waals surface area (Å²) >= 11 is 0.645. The van der Waals surface area contributed by atoms with Gasteiger partial charge in [-0.1, -0.05) is 11.3 Å². The number of nitrogens with zero attached hydrogens (tertiary/aromatic N) is 1. The molecule has 2 aromatic rings. The smallest absolute Gasteiger partial charge is 0.304 e. The standard InChI is InChI=1S/C10H11N3O5S2/c1-6-2-3-7(18-6)5-12-20(16,17)9-4-8(13(14)15)10(11)19-9/h2-4,12H,5,11H2,1H3. The molecule has 8 nitrogen and oxygen atoms in total. The highest BCUT2D eigenvalue weighted by atomic mass is 32.2. The molecule has 0 bridgehead atoms. The van der Waals surface area contributed by atoms with Crippen LogP contribution in [0.1, 0.15) is 11.5 Å². The Balaban J connectivity index is 2.18. The minimum Gasteiger partial charge on any atom is -0.465 e. The average molecular weight is 317 g/mol. The molecular formula is C10H11N3O5S2. The summed E-state index contributed by atoms with van der Waals surface area (Å²) < 4.78 is 31.3. The normalized spacial score (nSPS) is 11.7. The third-order valence-electron chi connectivity index (χ3n) is 2.41. The van der Waals surface area contributed by atoms with Crippen molar-refractivity contribution >= 4 is 32.0 Å². The second-order valence-electron chi connectivity index (χ2n) is 3.91. The predicted octanol–water partition coefficient (Wildman–Crippen LogP) is 1.62. The first kappa shape index (κ1) is 14.5. The van der Waals surface area contributed by atoms with E-state index >= 15 is 0 Å². The van der Waals surface area contributed by atoms with E-state index in [0.29, 0.717) is 22.9 Å². The summed E-state index contributed by atoms with van der Waals surface area (Å²) in [5, 5.41) is 10.5. The number of nitrogens with one attached hydrogen (secondary N) is 1. The molecule has 2 rings (SSSR count). The average Bonchev–Trinajstić information content (AvgIpc) is 2.93. The van der Waals surface area contributed by atoms with Crippen LogP contribution in [0.4, 0.5) is 10.7 Å². The molecule has 3 N–H and O–H groups in total. The quantitative estimate of drug-likeness (QED) is 0.637. The first-order valence-corrected chi connectivity index (χ1v) is 7.68. The minimum atomic E-state index is -3.86. The molecule has 0 unspecified atom stereocenters. The Morgan fingerprint density at radius 1 is 1.50 bits per heavy atom. The zero-order valence-electron chi connectivity index (χ0n) is 10.3. The Morgan fingerprint density at radius 3 is 2.70 bits per heavy atom. The van der Waals surface area contributed by atoms with E-state index in [9.17, 15) is 18.5 Å². The Bertz CT molecular complexity index is 747. The van der Waals surface area contributed by atoms with Gasteiger partial charge in [-0.25, -0.2) is 13.1 Å². The lowest BCUT2D eigenvalue weighted by molar-refractivity contribution is -0.383. The van der Waals surface area contributed by atoms with Crippen LogP contribution in [-0.2, 0) is 16.6 Å². The number of anilines is 1. The van der Waals surface area contributed by atoms with Crippen LogP contribution in [0.5, 0.6) is 0 Å². The van der Waals surface area contributed by atoms with Gasteiger partial charge in [0.2, 0.25) is 0 Å². The SMILES string of the molecule is Cc1ccc(CNS(=O)(=O)c2cc([N+](=O)[O-])c(N)s2)o1. The molecule has 2 aromatic heterocycles. The van der Waals surface area contributed by atoms with Crippen molar-refractivity contribution in [3.05, 3.63) is 39.8 Å². The molecule has 20 heavy (non-hydrogen) atoms. The monoisotopic (exact) mass is 317 g/mol. The van der Waals surface area contributed by atoms with Gasteiger partial charge in [-0.15, -0.1) is 0 Å². The lowest BCUT2D eigenvalue weighted by Gasteiger charge is -2.01. The number of hydrogen-bond acceptors (Lipinski definition) is 7. The van der Waals surface area contributed by atoms with Gasteiger partial charge in [0.1, 0.15) is 15.7 Å². The Labute approximate surface area is 118 Å². The van der Waals surface area contributed by atoms with Gasteiger partial charge in [0, 0.05) is 6.07 Å². The fourth-order valence-corrected chi connectivity index (χ4v) is 3.72. The van der Waals surface area contributed by atoms with E-state index in [2.05, 4.69) is 4.72 Å². The van der Waals surface area contributed by atoms with Gasteiger partial charge in [-0.2, -0.15) is 0 Å². The van der Waals surface area contributed by atoms with Crippen molar-refractivity contribution in [2.75, 3.05) is 5.73 Å². The molecule has 108 valence electrons. The summed E-state index contributed by atoms with van der Waals surface area (Å²) in [5.74, 6) is 1.11. The maximum absolute atomic E-state index is 12.0. The van der Waals surface area contributed by atoms with Gasteiger partial charge in [0.15, 0.2) is 5.00 Å². The highest BCUT2D eigenvalue weighted by Gasteiger charge is 2.24. The van der Waals surface area contributed by atoms with Crippen molar-refractivity contribution < 1.29 is 17.8 Å². The zero-order chi connectivity index (χ0) is 14.9. The number of nitro groups is 1. The fraction of sp³-hybridized carbons (Fsp3) is 0.200. The number of rotatable bonds is 5. The largest absolute Gasteiger partial charge is 0.465 e. The van der Waals surface area contributed by atoms with E-state index in [1.165, 1.54) is 0 Å². The lowest BCUT2D eigenvalue weighted by atomic mass is 10.4. The molecule has 0 aromatic carbocycles. The van der Waals surface area contributed by atoms with Gasteiger partial charge < -0.3 is 10.2 Å². The van der Waals surface area contributed by atoms with E-state index in [0.717, 1.165) is 6.07 Å². The molecule has 0 saturated carbocycles. The van der Waals surface area contributed by atoms with Crippen LogP contribution < -0.4 is 10.5 Å². The second-order valence-corrected chi connectivity index (χ2v) is 6.99. The summed E-state index contributed by atoms with van der Waals surface area (Å²) in [4.78, 5) is 9.92. The van der Waals surface area contributed by atoms with E-state index in [1.807, 2.05) is 0 Å². The van der Waals surface area contributed by atoms with Crippen molar-refractivity contribution in [3.63, 3.8) is 0 Å². The molecule has 0 amide bonds. The van der Waals surface area contributed by atoms with Crippen LogP contribution in [0.2, 0.25) is 0 Å². The van der Waals surface area contributed by atoms with Gasteiger partial charge in [0.25, 0.3) is 10.0 Å². The predicted molar refractivity (Wildman–Crippen MR) is 72.9 cm³/mol. The molecule has 0 atom stereocenters. The third-order valence-corrected chi connectivity index (χ3v) is 5.24. The second kappa shape index (κ2) is 5.23. The Kier molecular flexibility index (Phi) is 3.79. The molecule has 10 heteroatoms.